The number of aromatic nitrogens is 2. The second kappa shape index (κ2) is 8.02. The highest BCUT2D eigenvalue weighted by atomic mass is 35.5. The third kappa shape index (κ3) is 4.43. The van der Waals surface area contributed by atoms with Crippen LogP contribution in [0.1, 0.15) is 18.1 Å². The minimum Gasteiger partial charge on any atom is -0.538 e. The number of carbonyl (C=O) groups is 1. The number of hydrogen-bond acceptors (Lipinski definition) is 5. The van der Waals surface area contributed by atoms with Crippen molar-refractivity contribution in [2.75, 3.05) is 5.32 Å². The number of carbonyl (C=O) groups excluding carboxylic acids is 1. The van der Waals surface area contributed by atoms with Crippen molar-refractivity contribution in [3.8, 4) is 11.6 Å². The molecular weight excluding hydrogens is 386 g/mol. The molecule has 1 N–H and O–H groups in total. The summed E-state index contributed by atoms with van der Waals surface area (Å²) in [5.74, 6) is -0.833. The summed E-state index contributed by atoms with van der Waals surface area (Å²) in [7, 11) is 0. The van der Waals surface area contributed by atoms with Crippen LogP contribution in [0.15, 0.2) is 52.0 Å². The van der Waals surface area contributed by atoms with E-state index >= 15 is 0 Å². The molecule has 1 atom stereocenters. The Morgan fingerprint density at radius 2 is 1.96 bits per heavy atom. The first kappa shape index (κ1) is 19.3. The molecule has 3 rings (SSSR count). The Hall–Kier alpha value is -2.51. The van der Waals surface area contributed by atoms with Crippen LogP contribution in [0.5, 0.6) is 5.95 Å². The molecule has 6 nitrogen and oxygen atoms in total. The van der Waals surface area contributed by atoms with E-state index in [0.29, 0.717) is 16.4 Å². The summed E-state index contributed by atoms with van der Waals surface area (Å²) in [6.07, 6.45) is 0. The van der Waals surface area contributed by atoms with Gasteiger partial charge in [-0.15, -0.1) is 0 Å². The van der Waals surface area contributed by atoms with E-state index < -0.39 is 11.2 Å². The maximum absolute atomic E-state index is 12.6. The van der Waals surface area contributed by atoms with Crippen LogP contribution in [0.4, 0.5) is 5.69 Å². The fourth-order valence-electron chi connectivity index (χ4n) is 2.37. The van der Waals surface area contributed by atoms with Gasteiger partial charge in [0.05, 0.1) is 10.5 Å². The molecule has 0 saturated heterocycles. The van der Waals surface area contributed by atoms with Crippen LogP contribution in [0.25, 0.3) is 5.69 Å². The normalized spacial score (nSPS) is 12.0. The van der Waals surface area contributed by atoms with Crippen molar-refractivity contribution in [2.24, 2.45) is 0 Å². The third-order valence-electron chi connectivity index (χ3n) is 3.97. The van der Waals surface area contributed by atoms with E-state index in [1.165, 1.54) is 4.68 Å². The summed E-state index contributed by atoms with van der Waals surface area (Å²) >= 11 is 7.08. The smallest absolute Gasteiger partial charge is 0.298 e. The predicted molar refractivity (Wildman–Crippen MR) is 102 cm³/mol. The molecule has 8 heteroatoms. The maximum Gasteiger partial charge on any atom is 0.298 e. The van der Waals surface area contributed by atoms with Gasteiger partial charge in [0.25, 0.3) is 5.03 Å². The van der Waals surface area contributed by atoms with Crippen LogP contribution < -0.4 is 15.1 Å². The minimum absolute atomic E-state index is 0.240. The van der Waals surface area contributed by atoms with Crippen LogP contribution in [0.3, 0.4) is 0 Å². The number of aryl methyl sites for hydroxylation is 2. The fourth-order valence-corrected chi connectivity index (χ4v) is 3.42. The number of rotatable bonds is 5. The Morgan fingerprint density at radius 1 is 1.26 bits per heavy atom. The fraction of sp³-hybridized carbons (Fsp3) is 0.211. The van der Waals surface area contributed by atoms with Crippen LogP contribution >= 0.6 is 23.4 Å². The summed E-state index contributed by atoms with van der Waals surface area (Å²) in [5.41, 5.74) is 3.31. The average molecular weight is 404 g/mol. The monoisotopic (exact) mass is 403 g/mol. The molecule has 1 aromatic heterocycles. The third-order valence-corrected chi connectivity index (χ3v) is 5.33. The Labute approximate surface area is 166 Å². The molecule has 1 amide bonds. The minimum atomic E-state index is -0.584. The van der Waals surface area contributed by atoms with Gasteiger partial charge in [-0.05, 0) is 54.9 Å². The number of nitrogens with zero attached hydrogens (tertiary/aromatic N) is 2. The number of thioether (sulfide) groups is 1. The Bertz CT molecular complexity index is 973. The van der Waals surface area contributed by atoms with E-state index in [4.69, 9.17) is 16.1 Å². The number of halogens is 1. The SMILES string of the molecule is Cc1ccc(-[n+]2noc([O-])c2SC(C)C(=O)Nc2cc(Cl)ccc2C)cc1. The van der Waals surface area contributed by atoms with Gasteiger partial charge >= 0.3 is 0 Å². The van der Waals surface area contributed by atoms with Crippen LogP contribution in [0, 0.1) is 13.8 Å². The van der Waals surface area contributed by atoms with Crippen molar-refractivity contribution in [3.63, 3.8) is 0 Å². The van der Waals surface area contributed by atoms with E-state index in [9.17, 15) is 9.90 Å². The van der Waals surface area contributed by atoms with Crippen molar-refractivity contribution >= 4 is 35.0 Å². The number of benzene rings is 2. The Kier molecular flexibility index (Phi) is 5.72. The van der Waals surface area contributed by atoms with E-state index in [1.54, 1.807) is 19.1 Å². The Morgan fingerprint density at radius 3 is 2.67 bits per heavy atom. The van der Waals surface area contributed by atoms with Crippen LogP contribution in [-0.4, -0.2) is 16.4 Å². The standard InChI is InChI=1S/C19H18ClN3O3S/c1-11-4-8-15(9-5-11)23-18(19(25)26-22-23)27-13(3)17(24)21-16-10-14(20)7-6-12(16)2/h4-10,13H,1-3H3,(H-,21,22,24,25). The topological polar surface area (TPSA) is 82.1 Å². The molecule has 0 aliphatic carbocycles. The molecular formula is C19H18ClN3O3S. The van der Waals surface area contributed by atoms with Crippen molar-refractivity contribution in [1.82, 2.24) is 5.27 Å². The second-order valence-electron chi connectivity index (χ2n) is 6.12. The van der Waals surface area contributed by atoms with Gasteiger partial charge in [-0.3, -0.25) is 4.79 Å². The van der Waals surface area contributed by atoms with Crippen molar-refractivity contribution in [2.45, 2.75) is 31.0 Å². The number of amides is 1. The lowest BCUT2D eigenvalue weighted by molar-refractivity contribution is -0.705. The van der Waals surface area contributed by atoms with Gasteiger partial charge in [0, 0.05) is 22.8 Å². The first-order valence-electron chi connectivity index (χ1n) is 8.25. The van der Waals surface area contributed by atoms with Gasteiger partial charge in [0.1, 0.15) is 0 Å². The van der Waals surface area contributed by atoms with Crippen molar-refractivity contribution in [1.29, 1.82) is 0 Å². The lowest BCUT2D eigenvalue weighted by atomic mass is 10.2. The highest BCUT2D eigenvalue weighted by Crippen LogP contribution is 2.29. The highest BCUT2D eigenvalue weighted by molar-refractivity contribution is 8.00. The van der Waals surface area contributed by atoms with Gasteiger partial charge in [-0.1, -0.05) is 35.4 Å². The van der Waals surface area contributed by atoms with E-state index in [-0.39, 0.29) is 10.9 Å². The van der Waals surface area contributed by atoms with Crippen molar-refractivity contribution in [3.05, 3.63) is 58.6 Å². The van der Waals surface area contributed by atoms with Gasteiger partial charge in [0.2, 0.25) is 11.6 Å². The average Bonchev–Trinajstić information content (AvgIpc) is 2.99. The molecule has 1 heterocycles. The number of anilines is 1. The van der Waals surface area contributed by atoms with Gasteiger partial charge in [0.15, 0.2) is 5.95 Å². The Balaban J connectivity index is 1.78. The molecule has 0 fully saturated rings. The number of hydrogen-bond donors (Lipinski definition) is 1. The lowest BCUT2D eigenvalue weighted by Crippen LogP contribution is -2.36. The molecule has 0 bridgehead atoms. The second-order valence-corrected chi connectivity index (χ2v) is 7.89. The summed E-state index contributed by atoms with van der Waals surface area (Å²) in [6, 6.07) is 12.8. The molecule has 0 aliphatic rings. The first-order valence-corrected chi connectivity index (χ1v) is 9.50. The first-order chi connectivity index (χ1) is 12.8. The largest absolute Gasteiger partial charge is 0.538 e. The van der Waals surface area contributed by atoms with Gasteiger partial charge < -0.3 is 14.9 Å². The van der Waals surface area contributed by atoms with Crippen LogP contribution in [0.2, 0.25) is 5.02 Å². The highest BCUT2D eigenvalue weighted by Gasteiger charge is 2.26. The zero-order valence-corrected chi connectivity index (χ0v) is 16.6. The molecule has 0 aliphatic heterocycles. The van der Waals surface area contributed by atoms with E-state index in [0.717, 1.165) is 22.9 Å². The lowest BCUT2D eigenvalue weighted by Gasteiger charge is -2.12. The number of nitrogens with one attached hydrogen (secondary N) is 1. The molecule has 1 unspecified atom stereocenters. The van der Waals surface area contributed by atoms with Gasteiger partial charge in [-0.2, -0.15) is 0 Å². The van der Waals surface area contributed by atoms with E-state index in [1.807, 2.05) is 44.2 Å². The molecule has 3 aromatic rings. The molecule has 0 radical (unpaired) electrons. The zero-order valence-electron chi connectivity index (χ0n) is 15.0. The summed E-state index contributed by atoms with van der Waals surface area (Å²) in [4.78, 5) is 12.6. The molecule has 2 aromatic carbocycles. The molecule has 27 heavy (non-hydrogen) atoms. The van der Waals surface area contributed by atoms with Crippen LogP contribution in [-0.2, 0) is 4.79 Å². The maximum atomic E-state index is 12.6. The van der Waals surface area contributed by atoms with E-state index in [2.05, 4.69) is 10.6 Å². The zero-order chi connectivity index (χ0) is 19.6. The summed E-state index contributed by atoms with van der Waals surface area (Å²) in [6.45, 7) is 5.56. The molecule has 0 saturated carbocycles. The summed E-state index contributed by atoms with van der Waals surface area (Å²) < 4.78 is 6.21. The molecule has 0 spiro atoms. The molecule has 140 valence electrons. The van der Waals surface area contributed by atoms with Gasteiger partial charge in [-0.25, -0.2) is 0 Å². The quantitative estimate of drug-likeness (QED) is 0.521. The van der Waals surface area contributed by atoms with Crippen molar-refractivity contribution < 1.29 is 19.1 Å². The predicted octanol–water partition coefficient (Wildman–Crippen LogP) is 3.41. The summed E-state index contributed by atoms with van der Waals surface area (Å²) in [5, 5.41) is 18.9.